The fraction of sp³-hybridized carbons (Fsp3) is 0.269. The van der Waals surface area contributed by atoms with Gasteiger partial charge in [-0.25, -0.2) is 4.57 Å². The summed E-state index contributed by atoms with van der Waals surface area (Å²) < 4.78 is 24.7. The number of hydrogen-bond donors (Lipinski definition) is 0. The van der Waals surface area contributed by atoms with E-state index in [-0.39, 0.29) is 23.8 Å². The first-order valence-electron chi connectivity index (χ1n) is 11.3. The second kappa shape index (κ2) is 10.5. The number of benzene rings is 2. The molecule has 0 atom stereocenters. The fourth-order valence-electron chi connectivity index (χ4n) is 4.21. The van der Waals surface area contributed by atoms with E-state index in [2.05, 4.69) is 21.9 Å². The summed E-state index contributed by atoms with van der Waals surface area (Å²) in [5.74, 6) is 6.70. The Bertz CT molecular complexity index is 1600. The summed E-state index contributed by atoms with van der Waals surface area (Å²) >= 11 is 0. The minimum absolute atomic E-state index is 0.0853. The maximum atomic E-state index is 13.8. The monoisotopic (exact) mass is 519 g/mol. The molecule has 2 aromatic heterocycles. The van der Waals surface area contributed by atoms with Crippen molar-refractivity contribution >= 4 is 22.6 Å². The van der Waals surface area contributed by atoms with Gasteiger partial charge in [0.2, 0.25) is 11.5 Å². The van der Waals surface area contributed by atoms with E-state index in [0.717, 1.165) is 0 Å². The van der Waals surface area contributed by atoms with Gasteiger partial charge in [-0.1, -0.05) is 10.9 Å². The van der Waals surface area contributed by atoms with Crippen LogP contribution in [-0.2, 0) is 13.6 Å². The summed E-state index contributed by atoms with van der Waals surface area (Å²) in [6.45, 7) is 1.77. The van der Waals surface area contributed by atoms with Crippen LogP contribution in [0.1, 0.15) is 34.2 Å². The number of ether oxygens (including phenoxy) is 4. The molecule has 2 aromatic carbocycles. The number of fused-ring (bicyclic) bond motifs is 1. The Labute approximate surface area is 217 Å². The second-order valence-electron chi connectivity index (χ2n) is 8.03. The van der Waals surface area contributed by atoms with Crippen molar-refractivity contribution in [2.75, 3.05) is 28.4 Å². The van der Waals surface area contributed by atoms with E-state index in [1.165, 1.54) is 39.2 Å². The van der Waals surface area contributed by atoms with E-state index in [1.54, 1.807) is 42.9 Å². The van der Waals surface area contributed by atoms with Gasteiger partial charge in [0.05, 0.1) is 53.1 Å². The lowest BCUT2D eigenvalue weighted by Crippen LogP contribution is -2.10. The van der Waals surface area contributed by atoms with Crippen molar-refractivity contribution < 1.29 is 28.7 Å². The molecule has 196 valence electrons. The Morgan fingerprint density at radius 2 is 1.71 bits per heavy atom. The normalized spacial score (nSPS) is 10.6. The van der Waals surface area contributed by atoms with Crippen molar-refractivity contribution in [3.63, 3.8) is 0 Å². The number of nitro groups is 1. The van der Waals surface area contributed by atoms with Gasteiger partial charge >= 0.3 is 5.95 Å². The lowest BCUT2D eigenvalue weighted by Gasteiger charge is -2.13. The lowest BCUT2D eigenvalue weighted by molar-refractivity contribution is -0.396. The van der Waals surface area contributed by atoms with Gasteiger partial charge in [-0.05, 0) is 36.1 Å². The Morgan fingerprint density at radius 1 is 1.05 bits per heavy atom. The summed E-state index contributed by atoms with van der Waals surface area (Å²) in [7, 11) is 7.47. The largest absolute Gasteiger partial charge is 0.495 e. The van der Waals surface area contributed by atoms with E-state index in [9.17, 15) is 14.9 Å². The summed E-state index contributed by atoms with van der Waals surface area (Å²) in [4.78, 5) is 28.5. The summed E-state index contributed by atoms with van der Waals surface area (Å²) in [5.41, 5.74) is 1.99. The van der Waals surface area contributed by atoms with Crippen LogP contribution in [0.2, 0.25) is 0 Å². The Kier molecular flexibility index (Phi) is 7.20. The predicted octanol–water partition coefficient (Wildman–Crippen LogP) is 3.36. The number of carbonyl (C=O) groups is 1. The molecule has 0 fully saturated rings. The zero-order valence-corrected chi connectivity index (χ0v) is 21.7. The predicted molar refractivity (Wildman–Crippen MR) is 137 cm³/mol. The lowest BCUT2D eigenvalue weighted by atomic mass is 10.0. The van der Waals surface area contributed by atoms with Crippen molar-refractivity contribution in [1.29, 1.82) is 0 Å². The maximum Gasteiger partial charge on any atom is 0.434 e. The molecule has 38 heavy (non-hydrogen) atoms. The second-order valence-corrected chi connectivity index (χ2v) is 8.03. The van der Waals surface area contributed by atoms with Crippen LogP contribution in [0, 0.1) is 22.0 Å². The third-order valence-corrected chi connectivity index (χ3v) is 6.02. The van der Waals surface area contributed by atoms with Gasteiger partial charge in [0.25, 0.3) is 0 Å². The smallest absolute Gasteiger partial charge is 0.434 e. The van der Waals surface area contributed by atoms with Crippen LogP contribution in [0.4, 0.5) is 5.95 Å². The highest BCUT2D eigenvalue weighted by Crippen LogP contribution is 2.39. The first-order valence-corrected chi connectivity index (χ1v) is 11.3. The summed E-state index contributed by atoms with van der Waals surface area (Å²) in [6, 6.07) is 6.55. The molecule has 4 aromatic rings. The zero-order valence-electron chi connectivity index (χ0n) is 21.7. The topological polar surface area (TPSA) is 133 Å². The molecular formula is C26H25N5O7. The molecule has 0 saturated carbocycles. The SMILES string of the molecule is CC#Cc1c(OC)ccc2c(C(=O)c3cc(OC)c(OC)c(OC)c3)nn(Cc3cnc([N+](=O)[O-])n3C)c12. The molecule has 0 amide bonds. The number of hydrogen-bond acceptors (Lipinski definition) is 9. The molecule has 0 unspecified atom stereocenters. The first-order chi connectivity index (χ1) is 18.3. The minimum Gasteiger partial charge on any atom is -0.495 e. The number of ketones is 1. The molecule has 0 aliphatic rings. The van der Waals surface area contributed by atoms with Crippen LogP contribution < -0.4 is 18.9 Å². The van der Waals surface area contributed by atoms with Gasteiger partial charge < -0.3 is 29.1 Å². The van der Waals surface area contributed by atoms with Crippen LogP contribution in [0.5, 0.6) is 23.0 Å². The van der Waals surface area contributed by atoms with Crippen molar-refractivity contribution in [1.82, 2.24) is 19.3 Å². The molecule has 2 heterocycles. The number of aromatic nitrogens is 4. The Morgan fingerprint density at radius 3 is 2.24 bits per heavy atom. The molecule has 0 aliphatic carbocycles. The highest BCUT2D eigenvalue weighted by molar-refractivity contribution is 6.16. The highest BCUT2D eigenvalue weighted by Gasteiger charge is 2.26. The van der Waals surface area contributed by atoms with Crippen molar-refractivity contribution in [2.24, 2.45) is 7.05 Å². The molecular weight excluding hydrogens is 494 g/mol. The van der Waals surface area contributed by atoms with Crippen LogP contribution in [0.3, 0.4) is 0 Å². The molecule has 4 rings (SSSR count). The van der Waals surface area contributed by atoms with Crippen molar-refractivity contribution in [3.05, 3.63) is 63.1 Å². The first kappa shape index (κ1) is 26.0. The molecule has 12 nitrogen and oxygen atoms in total. The maximum absolute atomic E-state index is 13.8. The number of carbonyl (C=O) groups excluding carboxylic acids is 1. The Hall–Kier alpha value is -5.05. The van der Waals surface area contributed by atoms with E-state index >= 15 is 0 Å². The standard InChI is InChI=1S/C26H25N5O7/c1-7-8-17-19(35-3)10-9-18-22(24(32)15-11-20(36-4)25(38-6)21(12-15)37-5)28-30(23(17)18)14-16-13-27-26(29(16)2)31(33)34/h9-13H,14H2,1-6H3. The molecule has 0 radical (unpaired) electrons. The van der Waals surface area contributed by atoms with Crippen LogP contribution in [0.25, 0.3) is 10.9 Å². The highest BCUT2D eigenvalue weighted by atomic mass is 16.6. The molecule has 0 bridgehead atoms. The Balaban J connectivity index is 1.96. The fourth-order valence-corrected chi connectivity index (χ4v) is 4.21. The number of nitrogens with zero attached hydrogens (tertiary/aromatic N) is 5. The molecule has 12 heteroatoms. The van der Waals surface area contributed by atoms with Gasteiger partial charge in [0, 0.05) is 10.9 Å². The third kappa shape index (κ3) is 4.34. The van der Waals surface area contributed by atoms with Crippen molar-refractivity contribution in [2.45, 2.75) is 13.5 Å². The van der Waals surface area contributed by atoms with Gasteiger partial charge in [0.15, 0.2) is 11.5 Å². The zero-order chi connectivity index (χ0) is 27.6. The molecule has 0 spiro atoms. The van der Waals surface area contributed by atoms with Gasteiger partial charge in [-0.2, -0.15) is 5.10 Å². The molecule has 0 aliphatic heterocycles. The average Bonchev–Trinajstić information content (AvgIpc) is 3.48. The molecule has 0 saturated heterocycles. The van der Waals surface area contributed by atoms with E-state index in [1.807, 2.05) is 0 Å². The quantitative estimate of drug-likeness (QED) is 0.141. The summed E-state index contributed by atoms with van der Waals surface area (Å²) in [5, 5.41) is 16.5. The van der Waals surface area contributed by atoms with Gasteiger partial charge in [0.1, 0.15) is 23.3 Å². The van der Waals surface area contributed by atoms with E-state index < -0.39 is 10.7 Å². The minimum atomic E-state index is -0.568. The number of imidazole rings is 1. The van der Waals surface area contributed by atoms with E-state index in [0.29, 0.717) is 45.2 Å². The third-order valence-electron chi connectivity index (χ3n) is 6.02. The number of methoxy groups -OCH3 is 4. The van der Waals surface area contributed by atoms with Gasteiger partial charge in [-0.3, -0.25) is 9.48 Å². The van der Waals surface area contributed by atoms with Crippen LogP contribution in [0.15, 0.2) is 30.5 Å². The molecule has 0 N–H and O–H groups in total. The van der Waals surface area contributed by atoms with Crippen LogP contribution >= 0.6 is 0 Å². The summed E-state index contributed by atoms with van der Waals surface area (Å²) in [6.07, 6.45) is 1.40. The van der Waals surface area contributed by atoms with Crippen molar-refractivity contribution in [3.8, 4) is 34.8 Å². The van der Waals surface area contributed by atoms with Crippen LogP contribution in [-0.4, -0.2) is 58.5 Å². The van der Waals surface area contributed by atoms with Gasteiger partial charge in [-0.15, -0.1) is 5.92 Å². The van der Waals surface area contributed by atoms with E-state index in [4.69, 9.17) is 18.9 Å². The average molecular weight is 520 g/mol. The number of rotatable bonds is 9.